The van der Waals surface area contributed by atoms with Gasteiger partial charge in [-0.1, -0.05) is 13.3 Å². The highest BCUT2D eigenvalue weighted by molar-refractivity contribution is 5.97. The van der Waals surface area contributed by atoms with Gasteiger partial charge in [0, 0.05) is 31.4 Å². The molecule has 1 amide bonds. The number of amides is 1. The van der Waals surface area contributed by atoms with Crippen LogP contribution < -0.4 is 11.1 Å². The van der Waals surface area contributed by atoms with Crippen molar-refractivity contribution < 1.29 is 4.79 Å². The number of aromatic nitrogens is 3. The molecule has 0 saturated heterocycles. The van der Waals surface area contributed by atoms with Gasteiger partial charge in [0.25, 0.3) is 5.91 Å². The number of carbonyl (C=O) groups is 1. The number of rotatable bonds is 4. The van der Waals surface area contributed by atoms with Crippen molar-refractivity contribution in [3.8, 4) is 11.4 Å². The molecule has 1 aliphatic heterocycles. The summed E-state index contributed by atoms with van der Waals surface area (Å²) in [7, 11) is 0. The Hall–Kier alpha value is -2.37. The molecular weight excluding hydrogens is 266 g/mol. The molecule has 0 fully saturated rings. The molecule has 0 aromatic carbocycles. The summed E-state index contributed by atoms with van der Waals surface area (Å²) in [6.45, 7) is 3.73. The van der Waals surface area contributed by atoms with Gasteiger partial charge >= 0.3 is 0 Å². The first-order valence-electron chi connectivity index (χ1n) is 7.30. The van der Waals surface area contributed by atoms with Crippen LogP contribution in [0.25, 0.3) is 11.4 Å². The van der Waals surface area contributed by atoms with Crippen molar-refractivity contribution in [1.29, 1.82) is 0 Å². The molecule has 0 radical (unpaired) electrons. The monoisotopic (exact) mass is 285 g/mol. The first-order valence-corrected chi connectivity index (χ1v) is 7.30. The number of nitrogens with two attached hydrogens (primary N) is 1. The van der Waals surface area contributed by atoms with E-state index in [-0.39, 0.29) is 11.9 Å². The van der Waals surface area contributed by atoms with Crippen LogP contribution in [0.5, 0.6) is 0 Å². The molecule has 0 saturated carbocycles. The molecule has 0 bridgehead atoms. The van der Waals surface area contributed by atoms with Crippen LogP contribution in [-0.2, 0) is 13.0 Å². The van der Waals surface area contributed by atoms with Crippen molar-refractivity contribution in [1.82, 2.24) is 19.9 Å². The van der Waals surface area contributed by atoms with E-state index >= 15 is 0 Å². The Bertz CT molecular complexity index is 677. The fraction of sp³-hybridized carbons (Fsp3) is 0.400. The molecule has 0 unspecified atom stereocenters. The summed E-state index contributed by atoms with van der Waals surface area (Å²) in [6, 6.07) is 3.75. The van der Waals surface area contributed by atoms with Gasteiger partial charge in [0.2, 0.25) is 5.95 Å². The third-order valence-electron chi connectivity index (χ3n) is 3.77. The summed E-state index contributed by atoms with van der Waals surface area (Å²) in [5, 5.41) is 2.89. The molecule has 1 aliphatic rings. The molecule has 6 heteroatoms. The zero-order valence-corrected chi connectivity index (χ0v) is 12.1. The molecule has 0 aliphatic carbocycles. The molecule has 6 nitrogen and oxygen atoms in total. The number of hydrogen-bond donors (Lipinski definition) is 2. The van der Waals surface area contributed by atoms with Crippen LogP contribution in [0.3, 0.4) is 0 Å². The summed E-state index contributed by atoms with van der Waals surface area (Å²) < 4.78 is 2.21. The minimum Gasteiger partial charge on any atom is -0.368 e. The summed E-state index contributed by atoms with van der Waals surface area (Å²) >= 11 is 0. The maximum Gasteiger partial charge on any atom is 0.253 e. The van der Waals surface area contributed by atoms with Gasteiger partial charge in [0.05, 0.1) is 17.0 Å². The normalized spacial score (nSPS) is 13.9. The van der Waals surface area contributed by atoms with Crippen LogP contribution >= 0.6 is 0 Å². The lowest BCUT2D eigenvalue weighted by Crippen LogP contribution is -2.32. The van der Waals surface area contributed by atoms with E-state index < -0.39 is 0 Å². The van der Waals surface area contributed by atoms with Crippen molar-refractivity contribution in [3.63, 3.8) is 0 Å². The topological polar surface area (TPSA) is 85.8 Å². The second-order valence-corrected chi connectivity index (χ2v) is 5.20. The average Bonchev–Trinajstić information content (AvgIpc) is 2.85. The highest BCUT2D eigenvalue weighted by Gasteiger charge is 2.24. The molecule has 110 valence electrons. The Balaban J connectivity index is 2.12. The van der Waals surface area contributed by atoms with E-state index in [0.29, 0.717) is 6.54 Å². The Labute approximate surface area is 123 Å². The number of carbonyl (C=O) groups excluding carboxylic acids is 1. The maximum atomic E-state index is 12.0. The lowest BCUT2D eigenvalue weighted by Gasteiger charge is -2.17. The van der Waals surface area contributed by atoms with E-state index in [0.717, 1.165) is 48.5 Å². The van der Waals surface area contributed by atoms with Crippen LogP contribution in [-0.4, -0.2) is 27.0 Å². The zero-order valence-electron chi connectivity index (χ0n) is 12.1. The van der Waals surface area contributed by atoms with E-state index in [1.165, 1.54) is 0 Å². The predicted octanol–water partition coefficient (Wildman–Crippen LogP) is 1.61. The Morgan fingerprint density at radius 2 is 2.33 bits per heavy atom. The van der Waals surface area contributed by atoms with Gasteiger partial charge in [0.15, 0.2) is 0 Å². The number of anilines is 1. The van der Waals surface area contributed by atoms with Crippen molar-refractivity contribution in [2.45, 2.75) is 32.7 Å². The van der Waals surface area contributed by atoms with Crippen molar-refractivity contribution in [2.24, 2.45) is 0 Å². The maximum absolute atomic E-state index is 12.0. The van der Waals surface area contributed by atoms with Crippen LogP contribution in [0, 0.1) is 0 Å². The smallest absolute Gasteiger partial charge is 0.253 e. The Morgan fingerprint density at radius 3 is 3.10 bits per heavy atom. The van der Waals surface area contributed by atoms with Crippen molar-refractivity contribution in [2.75, 3.05) is 12.3 Å². The quantitative estimate of drug-likeness (QED) is 0.893. The van der Waals surface area contributed by atoms with Gasteiger partial charge in [-0.15, -0.1) is 0 Å². The Kier molecular flexibility index (Phi) is 3.60. The van der Waals surface area contributed by atoms with Crippen molar-refractivity contribution in [3.05, 3.63) is 29.6 Å². The minimum atomic E-state index is -0.00484. The number of fused-ring (bicyclic) bond motifs is 1. The second-order valence-electron chi connectivity index (χ2n) is 5.20. The van der Waals surface area contributed by atoms with Gasteiger partial charge < -0.3 is 15.6 Å². The predicted molar refractivity (Wildman–Crippen MR) is 80.8 cm³/mol. The number of unbranched alkanes of at least 4 members (excludes halogenated alkanes) is 1. The number of nitrogens with one attached hydrogen (secondary N) is 1. The fourth-order valence-electron chi connectivity index (χ4n) is 2.74. The lowest BCUT2D eigenvalue weighted by molar-refractivity contribution is 0.0945. The van der Waals surface area contributed by atoms with Crippen LogP contribution in [0.15, 0.2) is 18.3 Å². The van der Waals surface area contributed by atoms with Crippen LogP contribution in [0.1, 0.15) is 35.8 Å². The van der Waals surface area contributed by atoms with E-state index in [9.17, 15) is 4.79 Å². The molecule has 3 rings (SSSR count). The first kappa shape index (κ1) is 13.6. The molecule has 3 heterocycles. The Morgan fingerprint density at radius 1 is 1.48 bits per heavy atom. The van der Waals surface area contributed by atoms with Gasteiger partial charge in [-0.05, 0) is 18.6 Å². The van der Waals surface area contributed by atoms with Crippen molar-refractivity contribution >= 4 is 11.9 Å². The van der Waals surface area contributed by atoms with Gasteiger partial charge in [-0.3, -0.25) is 4.79 Å². The van der Waals surface area contributed by atoms with E-state index in [1.54, 1.807) is 6.20 Å². The highest BCUT2D eigenvalue weighted by Crippen LogP contribution is 2.27. The SMILES string of the molecule is CCCCn1c(-c2ccnc(N)n2)cc2c1CCNC2=O. The summed E-state index contributed by atoms with van der Waals surface area (Å²) in [5.74, 6) is 0.243. The summed E-state index contributed by atoms with van der Waals surface area (Å²) in [5.41, 5.74) is 9.24. The van der Waals surface area contributed by atoms with E-state index in [2.05, 4.69) is 26.8 Å². The third kappa shape index (κ3) is 2.49. The largest absolute Gasteiger partial charge is 0.368 e. The number of nitrogens with zero attached hydrogens (tertiary/aromatic N) is 3. The highest BCUT2D eigenvalue weighted by atomic mass is 16.1. The fourth-order valence-corrected chi connectivity index (χ4v) is 2.74. The first-order chi connectivity index (χ1) is 10.2. The molecule has 2 aromatic heterocycles. The average molecular weight is 285 g/mol. The van der Waals surface area contributed by atoms with E-state index in [1.807, 2.05) is 12.1 Å². The van der Waals surface area contributed by atoms with E-state index in [4.69, 9.17) is 5.73 Å². The van der Waals surface area contributed by atoms with Gasteiger partial charge in [-0.2, -0.15) is 0 Å². The number of nitrogen functional groups attached to an aromatic ring is 1. The summed E-state index contributed by atoms with van der Waals surface area (Å²) in [6.07, 6.45) is 4.67. The molecule has 3 N–H and O–H groups in total. The zero-order chi connectivity index (χ0) is 14.8. The molecule has 21 heavy (non-hydrogen) atoms. The molecule has 0 atom stereocenters. The lowest BCUT2D eigenvalue weighted by atomic mass is 10.1. The molecular formula is C15H19N5O. The van der Waals surface area contributed by atoms with Gasteiger partial charge in [0.1, 0.15) is 0 Å². The van der Waals surface area contributed by atoms with Gasteiger partial charge in [-0.25, -0.2) is 9.97 Å². The molecule has 2 aromatic rings. The number of hydrogen-bond acceptors (Lipinski definition) is 4. The second kappa shape index (κ2) is 5.55. The minimum absolute atomic E-state index is 0.00484. The standard InChI is InChI=1S/C15H19N5O/c1-2-3-8-20-12-5-7-17-14(21)10(12)9-13(20)11-4-6-18-15(16)19-11/h4,6,9H,2-3,5,7-8H2,1H3,(H,17,21)(H2,16,18,19). The van der Waals surface area contributed by atoms with Crippen LogP contribution in [0.4, 0.5) is 5.95 Å². The molecule has 0 spiro atoms. The van der Waals surface area contributed by atoms with Crippen LogP contribution in [0.2, 0.25) is 0 Å². The third-order valence-corrected chi connectivity index (χ3v) is 3.77. The summed E-state index contributed by atoms with van der Waals surface area (Å²) in [4.78, 5) is 20.3.